The van der Waals surface area contributed by atoms with Crippen molar-refractivity contribution in [1.82, 2.24) is 10.2 Å². The van der Waals surface area contributed by atoms with Gasteiger partial charge in [0.25, 0.3) is 0 Å². The predicted octanol–water partition coefficient (Wildman–Crippen LogP) is 3.63. The largest absolute Gasteiger partial charge is 0.314 e. The zero-order chi connectivity index (χ0) is 12.3. The van der Waals surface area contributed by atoms with Crippen molar-refractivity contribution in [3.63, 3.8) is 0 Å². The van der Waals surface area contributed by atoms with Gasteiger partial charge in [0.05, 0.1) is 0 Å². The third-order valence-corrected chi connectivity index (χ3v) is 3.97. The molecule has 6 heteroatoms. The number of hydrogen-bond donors (Lipinski definition) is 1. The molecule has 1 N–H and O–H groups in total. The van der Waals surface area contributed by atoms with E-state index in [-0.39, 0.29) is 36.7 Å². The fourth-order valence-electron chi connectivity index (χ4n) is 2.44. The van der Waals surface area contributed by atoms with Gasteiger partial charge in [-0.3, -0.25) is 4.90 Å². The van der Waals surface area contributed by atoms with E-state index in [1.54, 1.807) is 6.07 Å². The van der Waals surface area contributed by atoms with Gasteiger partial charge in [0.15, 0.2) is 0 Å². The van der Waals surface area contributed by atoms with E-state index in [2.05, 4.69) is 39.7 Å². The van der Waals surface area contributed by atoms with Crippen LogP contribution in [0.2, 0.25) is 0 Å². The van der Waals surface area contributed by atoms with E-state index >= 15 is 0 Å². The van der Waals surface area contributed by atoms with Gasteiger partial charge in [0, 0.05) is 41.4 Å². The normalized spacial score (nSPS) is 17.2. The minimum atomic E-state index is -0.0733. The molecule has 19 heavy (non-hydrogen) atoms. The van der Waals surface area contributed by atoms with Crippen molar-refractivity contribution >= 4 is 47.4 Å². The Morgan fingerprint density at radius 3 is 2.53 bits per heavy atom. The molecule has 0 unspecified atom stereocenters. The van der Waals surface area contributed by atoms with E-state index in [4.69, 9.17) is 0 Å². The lowest BCUT2D eigenvalue weighted by molar-refractivity contribution is 0.166. The number of piperazine rings is 1. The van der Waals surface area contributed by atoms with Gasteiger partial charge in [-0.15, -0.1) is 24.8 Å². The molecule has 1 aliphatic rings. The maximum absolute atomic E-state index is 13.9. The van der Waals surface area contributed by atoms with E-state index in [0.29, 0.717) is 0 Å². The third kappa shape index (κ3) is 5.01. The second-order valence-electron chi connectivity index (χ2n) is 4.38. The van der Waals surface area contributed by atoms with Crippen LogP contribution in [-0.4, -0.2) is 31.1 Å². The van der Waals surface area contributed by atoms with Crippen molar-refractivity contribution in [2.75, 3.05) is 26.2 Å². The van der Waals surface area contributed by atoms with E-state index in [9.17, 15) is 4.39 Å². The smallest absolute Gasteiger partial charge is 0.128 e. The molecular weight excluding hydrogens is 401 g/mol. The Hall–Kier alpha value is 0.380. The Balaban J connectivity index is 0.00000162. The Morgan fingerprint density at radius 1 is 1.32 bits per heavy atom. The van der Waals surface area contributed by atoms with Crippen molar-refractivity contribution in [3.05, 3.63) is 33.1 Å². The summed E-state index contributed by atoms with van der Waals surface area (Å²) in [4.78, 5) is 2.38. The molecule has 1 fully saturated rings. The van der Waals surface area contributed by atoms with Crippen molar-refractivity contribution < 1.29 is 4.39 Å². The molecule has 110 valence electrons. The number of benzene rings is 1. The third-order valence-electron chi connectivity index (χ3n) is 3.30. The Labute approximate surface area is 140 Å². The molecule has 1 atom stereocenters. The highest BCUT2D eigenvalue weighted by Crippen LogP contribution is 2.28. The number of halogens is 4. The Bertz CT molecular complexity index is 387. The maximum atomic E-state index is 13.9. The molecule has 1 aliphatic heterocycles. The fraction of sp³-hybridized carbons (Fsp3) is 0.538. The molecule has 0 amide bonds. The molecule has 2 nitrogen and oxygen atoms in total. The number of rotatable bonds is 3. The first-order chi connectivity index (χ1) is 8.22. The first-order valence-corrected chi connectivity index (χ1v) is 7.20. The van der Waals surface area contributed by atoms with Gasteiger partial charge < -0.3 is 5.32 Å². The van der Waals surface area contributed by atoms with E-state index < -0.39 is 0 Å². The predicted molar refractivity (Wildman–Crippen MR) is 91.1 cm³/mol. The van der Waals surface area contributed by atoms with Crippen LogP contribution < -0.4 is 5.32 Å². The highest BCUT2D eigenvalue weighted by molar-refractivity contribution is 14.1. The van der Waals surface area contributed by atoms with Crippen LogP contribution in [0, 0.1) is 9.39 Å². The number of hydrogen-bond acceptors (Lipinski definition) is 2. The molecule has 2 rings (SSSR count). The van der Waals surface area contributed by atoms with Gasteiger partial charge >= 0.3 is 0 Å². The quantitative estimate of drug-likeness (QED) is 0.751. The summed E-state index contributed by atoms with van der Waals surface area (Å²) in [5, 5.41) is 3.33. The summed E-state index contributed by atoms with van der Waals surface area (Å²) in [6, 6.07) is 5.60. The first kappa shape index (κ1) is 19.4. The first-order valence-electron chi connectivity index (χ1n) is 6.12. The fourth-order valence-corrected chi connectivity index (χ4v) is 2.95. The molecule has 0 aromatic heterocycles. The zero-order valence-electron chi connectivity index (χ0n) is 10.9. The molecule has 0 spiro atoms. The van der Waals surface area contributed by atoms with Crippen LogP contribution in [0.25, 0.3) is 0 Å². The van der Waals surface area contributed by atoms with Crippen molar-refractivity contribution in [1.29, 1.82) is 0 Å². The second-order valence-corrected chi connectivity index (χ2v) is 5.62. The molecule has 1 aromatic carbocycles. The van der Waals surface area contributed by atoms with Crippen molar-refractivity contribution in [2.24, 2.45) is 0 Å². The van der Waals surface area contributed by atoms with Crippen LogP contribution >= 0.6 is 47.4 Å². The van der Waals surface area contributed by atoms with Gasteiger partial charge in [-0.2, -0.15) is 0 Å². The average Bonchev–Trinajstić information content (AvgIpc) is 2.36. The van der Waals surface area contributed by atoms with Gasteiger partial charge in [-0.05, 0) is 47.2 Å². The molecule has 0 aliphatic carbocycles. The maximum Gasteiger partial charge on any atom is 0.128 e. The lowest BCUT2D eigenvalue weighted by Gasteiger charge is -2.34. The van der Waals surface area contributed by atoms with E-state index in [1.165, 1.54) is 0 Å². The standard InChI is InChI=1S/C13H18FIN2.2ClH/c1-2-13(17-7-5-16-6-8-17)11-9-10(15)3-4-12(11)14;;/h3-4,9,13,16H,2,5-8H2,1H3;2*1H/t13-;;/m0../s1. The molecule has 0 bridgehead atoms. The Morgan fingerprint density at radius 2 is 1.95 bits per heavy atom. The molecule has 1 aromatic rings. The number of nitrogens with zero attached hydrogens (tertiary/aromatic N) is 1. The van der Waals surface area contributed by atoms with E-state index in [0.717, 1.165) is 41.7 Å². The lowest BCUT2D eigenvalue weighted by atomic mass is 10.0. The highest BCUT2D eigenvalue weighted by Gasteiger charge is 2.23. The van der Waals surface area contributed by atoms with Crippen LogP contribution in [0.1, 0.15) is 24.9 Å². The molecule has 1 heterocycles. The summed E-state index contributed by atoms with van der Waals surface area (Å²) in [7, 11) is 0. The molecule has 1 saturated heterocycles. The van der Waals surface area contributed by atoms with Crippen LogP contribution in [0.5, 0.6) is 0 Å². The monoisotopic (exact) mass is 420 g/mol. The summed E-state index contributed by atoms with van der Waals surface area (Å²) in [6.45, 7) is 6.14. The zero-order valence-corrected chi connectivity index (χ0v) is 14.7. The summed E-state index contributed by atoms with van der Waals surface area (Å²) in [5.74, 6) is -0.0733. The van der Waals surface area contributed by atoms with Gasteiger partial charge in [0.1, 0.15) is 5.82 Å². The minimum absolute atomic E-state index is 0. The van der Waals surface area contributed by atoms with Crippen LogP contribution in [0.4, 0.5) is 4.39 Å². The van der Waals surface area contributed by atoms with Gasteiger partial charge in [0.2, 0.25) is 0 Å². The SMILES string of the molecule is CC[C@@H](c1cc(I)ccc1F)N1CCNCC1.Cl.Cl. The molecular formula is C13H20Cl2FIN2. The second kappa shape index (κ2) is 9.34. The van der Waals surface area contributed by atoms with E-state index in [1.807, 2.05) is 12.1 Å². The van der Waals surface area contributed by atoms with Crippen molar-refractivity contribution in [2.45, 2.75) is 19.4 Å². The average molecular weight is 421 g/mol. The summed E-state index contributed by atoms with van der Waals surface area (Å²) >= 11 is 2.25. The molecule has 0 saturated carbocycles. The minimum Gasteiger partial charge on any atom is -0.314 e. The van der Waals surface area contributed by atoms with Crippen molar-refractivity contribution in [3.8, 4) is 0 Å². The topological polar surface area (TPSA) is 15.3 Å². The van der Waals surface area contributed by atoms with Crippen LogP contribution in [0.15, 0.2) is 18.2 Å². The lowest BCUT2D eigenvalue weighted by Crippen LogP contribution is -2.45. The highest BCUT2D eigenvalue weighted by atomic mass is 127. The van der Waals surface area contributed by atoms with Crippen LogP contribution in [0.3, 0.4) is 0 Å². The summed E-state index contributed by atoms with van der Waals surface area (Å²) in [5.41, 5.74) is 0.848. The van der Waals surface area contributed by atoms with Gasteiger partial charge in [-0.25, -0.2) is 4.39 Å². The Kier molecular flexibility index (Phi) is 9.53. The number of nitrogens with one attached hydrogen (secondary N) is 1. The van der Waals surface area contributed by atoms with Gasteiger partial charge in [-0.1, -0.05) is 6.92 Å². The van der Waals surface area contributed by atoms with Crippen LogP contribution in [-0.2, 0) is 0 Å². The molecule has 0 radical (unpaired) electrons. The summed E-state index contributed by atoms with van der Waals surface area (Å²) < 4.78 is 15.0. The summed E-state index contributed by atoms with van der Waals surface area (Å²) in [6.07, 6.45) is 0.955.